The lowest BCUT2D eigenvalue weighted by atomic mass is 9.81. The van der Waals surface area contributed by atoms with Gasteiger partial charge in [-0.2, -0.15) is 0 Å². The van der Waals surface area contributed by atoms with Crippen molar-refractivity contribution in [2.75, 3.05) is 18.5 Å². The Hall–Kier alpha value is -3.34. The van der Waals surface area contributed by atoms with E-state index in [1.807, 2.05) is 6.07 Å². The molecular weight excluding hydrogens is 509 g/mol. The summed E-state index contributed by atoms with van der Waals surface area (Å²) in [4.78, 5) is 21.2. The summed E-state index contributed by atoms with van der Waals surface area (Å²) in [6, 6.07) is 6.28. The monoisotopic (exact) mass is 540 g/mol. The minimum Gasteiger partial charge on any atom is -0.381 e. The van der Waals surface area contributed by atoms with Crippen LogP contribution >= 0.6 is 0 Å². The largest absolute Gasteiger partial charge is 0.381 e. The second kappa shape index (κ2) is 12.2. The van der Waals surface area contributed by atoms with Crippen LogP contribution in [0.5, 0.6) is 0 Å². The van der Waals surface area contributed by atoms with E-state index in [1.54, 1.807) is 6.20 Å². The second-order valence-corrected chi connectivity index (χ2v) is 10.1. The molecule has 5 rings (SSSR count). The van der Waals surface area contributed by atoms with Crippen molar-refractivity contribution >= 4 is 11.6 Å². The number of pyridine rings is 2. The average Bonchev–Trinajstić information content (AvgIpc) is 2.93. The van der Waals surface area contributed by atoms with Crippen molar-refractivity contribution in [2.24, 2.45) is 5.73 Å². The molecule has 3 heterocycles. The fourth-order valence-corrected chi connectivity index (χ4v) is 5.30. The summed E-state index contributed by atoms with van der Waals surface area (Å²) in [5, 5.41) is 2.78. The Bertz CT molecular complexity index is 1310. The van der Waals surface area contributed by atoms with E-state index in [0.717, 1.165) is 49.4 Å². The van der Waals surface area contributed by atoms with Crippen LogP contribution in [0, 0.1) is 17.5 Å². The lowest BCUT2D eigenvalue weighted by Gasteiger charge is -2.28. The zero-order valence-corrected chi connectivity index (χ0v) is 21.5. The van der Waals surface area contributed by atoms with Gasteiger partial charge in [-0.05, 0) is 79.5 Å². The van der Waals surface area contributed by atoms with Crippen LogP contribution in [0.25, 0.3) is 11.3 Å². The molecule has 1 saturated heterocycles. The standard InChI is InChI=1S/C29H31F3N4O3/c30-22-4-5-25(29(37)36-26-15-34-9-6-21(26)18-2-1-3-19(33)14-18)35-28(22)27-23(31)12-17(13-24(27)32)16-39-20-7-10-38-11-8-20/h4-6,9,12-13,15,18-20H,1-3,7-8,10-11,14,16,33H2,(H,36,37)/t18-,19+/m1/s1. The number of amides is 1. The third kappa shape index (κ3) is 6.46. The highest BCUT2D eigenvalue weighted by Gasteiger charge is 2.25. The Balaban J connectivity index is 1.35. The summed E-state index contributed by atoms with van der Waals surface area (Å²) in [6.45, 7) is 1.17. The van der Waals surface area contributed by atoms with Gasteiger partial charge in [0.15, 0.2) is 0 Å². The first-order valence-electron chi connectivity index (χ1n) is 13.2. The van der Waals surface area contributed by atoms with Crippen LogP contribution in [0.2, 0.25) is 0 Å². The van der Waals surface area contributed by atoms with Gasteiger partial charge in [0.25, 0.3) is 5.91 Å². The number of nitrogens with two attached hydrogens (primary N) is 1. The third-order valence-corrected chi connectivity index (χ3v) is 7.33. The number of hydrogen-bond donors (Lipinski definition) is 2. The van der Waals surface area contributed by atoms with Gasteiger partial charge in [0.2, 0.25) is 0 Å². The lowest BCUT2D eigenvalue weighted by molar-refractivity contribution is -0.0391. The van der Waals surface area contributed by atoms with Crippen molar-refractivity contribution in [3.05, 3.63) is 77.0 Å². The van der Waals surface area contributed by atoms with Crippen molar-refractivity contribution in [3.63, 3.8) is 0 Å². The Kier molecular flexibility index (Phi) is 8.54. The van der Waals surface area contributed by atoms with Crippen molar-refractivity contribution in [1.82, 2.24) is 9.97 Å². The predicted molar refractivity (Wildman–Crippen MR) is 140 cm³/mol. The molecule has 3 aromatic rings. The maximum Gasteiger partial charge on any atom is 0.274 e. The molecule has 39 heavy (non-hydrogen) atoms. The minimum atomic E-state index is -0.993. The maximum atomic E-state index is 15.1. The molecule has 1 aromatic carbocycles. The Morgan fingerprint density at radius 3 is 2.56 bits per heavy atom. The number of anilines is 1. The van der Waals surface area contributed by atoms with Gasteiger partial charge >= 0.3 is 0 Å². The number of hydrogen-bond acceptors (Lipinski definition) is 6. The molecular formula is C29H31F3N4O3. The molecule has 1 saturated carbocycles. The predicted octanol–water partition coefficient (Wildman–Crippen LogP) is 5.49. The SMILES string of the molecule is N[C@H]1CCC[C@@H](c2ccncc2NC(=O)c2ccc(F)c(-c3c(F)cc(COC4CCOCC4)cc3F)n2)C1. The van der Waals surface area contributed by atoms with Gasteiger partial charge < -0.3 is 20.5 Å². The molecule has 1 amide bonds. The number of nitrogens with zero attached hydrogens (tertiary/aromatic N) is 2. The zero-order valence-electron chi connectivity index (χ0n) is 21.5. The topological polar surface area (TPSA) is 99.4 Å². The normalized spacial score (nSPS) is 20.1. The smallest absolute Gasteiger partial charge is 0.274 e. The van der Waals surface area contributed by atoms with Gasteiger partial charge in [0, 0.05) is 25.5 Å². The van der Waals surface area contributed by atoms with Crippen molar-refractivity contribution in [3.8, 4) is 11.3 Å². The van der Waals surface area contributed by atoms with Crippen molar-refractivity contribution in [2.45, 2.75) is 63.2 Å². The van der Waals surface area contributed by atoms with Crippen LogP contribution in [0.1, 0.15) is 66.1 Å². The first-order chi connectivity index (χ1) is 18.9. The molecule has 0 bridgehead atoms. The first-order valence-corrected chi connectivity index (χ1v) is 13.2. The van der Waals surface area contributed by atoms with Crippen LogP contribution in [-0.2, 0) is 16.1 Å². The molecule has 0 unspecified atom stereocenters. The number of carbonyl (C=O) groups is 1. The van der Waals surface area contributed by atoms with E-state index in [4.69, 9.17) is 15.2 Å². The molecule has 2 aromatic heterocycles. The number of carbonyl (C=O) groups excluding carboxylic acids is 1. The number of benzene rings is 1. The molecule has 2 aliphatic rings. The molecule has 7 nitrogen and oxygen atoms in total. The number of nitrogens with one attached hydrogen (secondary N) is 1. The second-order valence-electron chi connectivity index (χ2n) is 10.1. The minimum absolute atomic E-state index is 0.0104. The summed E-state index contributed by atoms with van der Waals surface area (Å²) in [5.41, 5.74) is 6.43. The number of rotatable bonds is 7. The fraction of sp³-hybridized carbons (Fsp3) is 0.414. The summed E-state index contributed by atoms with van der Waals surface area (Å²) in [5.74, 6) is -3.41. The summed E-state index contributed by atoms with van der Waals surface area (Å²) >= 11 is 0. The summed E-state index contributed by atoms with van der Waals surface area (Å²) in [7, 11) is 0. The van der Waals surface area contributed by atoms with Crippen LogP contribution in [0.3, 0.4) is 0 Å². The Labute approximate surface area is 224 Å². The molecule has 0 radical (unpaired) electrons. The molecule has 10 heteroatoms. The quantitative estimate of drug-likeness (QED) is 0.411. The van der Waals surface area contributed by atoms with E-state index in [9.17, 15) is 9.18 Å². The van der Waals surface area contributed by atoms with Crippen LogP contribution in [-0.4, -0.2) is 41.2 Å². The molecule has 1 aliphatic carbocycles. The van der Waals surface area contributed by atoms with Gasteiger partial charge in [-0.3, -0.25) is 9.78 Å². The van der Waals surface area contributed by atoms with E-state index in [1.165, 1.54) is 12.3 Å². The van der Waals surface area contributed by atoms with Gasteiger partial charge in [0.05, 0.1) is 30.2 Å². The number of aromatic nitrogens is 2. The maximum absolute atomic E-state index is 15.1. The Morgan fingerprint density at radius 1 is 1.05 bits per heavy atom. The van der Waals surface area contributed by atoms with E-state index in [0.29, 0.717) is 31.7 Å². The highest BCUT2D eigenvalue weighted by Crippen LogP contribution is 2.36. The van der Waals surface area contributed by atoms with Crippen LogP contribution in [0.4, 0.5) is 18.9 Å². The van der Waals surface area contributed by atoms with Gasteiger partial charge in [-0.15, -0.1) is 0 Å². The van der Waals surface area contributed by atoms with Gasteiger partial charge in [-0.25, -0.2) is 18.2 Å². The molecule has 206 valence electrons. The van der Waals surface area contributed by atoms with E-state index >= 15 is 8.78 Å². The van der Waals surface area contributed by atoms with Crippen molar-refractivity contribution in [1.29, 1.82) is 0 Å². The van der Waals surface area contributed by atoms with Gasteiger partial charge in [0.1, 0.15) is 28.8 Å². The molecule has 2 fully saturated rings. The first kappa shape index (κ1) is 27.2. The average molecular weight is 541 g/mol. The molecule has 0 spiro atoms. The van der Waals surface area contributed by atoms with E-state index in [2.05, 4.69) is 15.3 Å². The van der Waals surface area contributed by atoms with Gasteiger partial charge in [-0.1, -0.05) is 6.42 Å². The highest BCUT2D eigenvalue weighted by atomic mass is 19.1. The summed E-state index contributed by atoms with van der Waals surface area (Å²) in [6.07, 6.45) is 8.25. The zero-order chi connectivity index (χ0) is 27.4. The van der Waals surface area contributed by atoms with E-state index in [-0.39, 0.29) is 35.9 Å². The Morgan fingerprint density at radius 2 is 1.82 bits per heavy atom. The third-order valence-electron chi connectivity index (χ3n) is 7.33. The molecule has 1 aliphatic heterocycles. The van der Waals surface area contributed by atoms with Crippen LogP contribution < -0.4 is 11.1 Å². The lowest BCUT2D eigenvalue weighted by Crippen LogP contribution is -2.27. The number of ether oxygens (including phenoxy) is 2. The van der Waals surface area contributed by atoms with Crippen molar-refractivity contribution < 1.29 is 27.4 Å². The molecule has 3 N–H and O–H groups in total. The summed E-state index contributed by atoms with van der Waals surface area (Å²) < 4.78 is 55.9. The molecule has 2 atom stereocenters. The number of halogens is 3. The van der Waals surface area contributed by atoms with Crippen LogP contribution in [0.15, 0.2) is 42.7 Å². The highest BCUT2D eigenvalue weighted by molar-refractivity contribution is 6.03. The fourth-order valence-electron chi connectivity index (χ4n) is 5.30. The van der Waals surface area contributed by atoms with E-state index < -0.39 is 34.6 Å².